The molecule has 2 nitrogen and oxygen atoms in total. The van der Waals surface area contributed by atoms with Crippen molar-refractivity contribution in [2.24, 2.45) is 28.6 Å². The molecule has 0 aromatic carbocycles. The summed E-state index contributed by atoms with van der Waals surface area (Å²) in [7, 11) is 0. The Morgan fingerprint density at radius 2 is 1.90 bits per heavy atom. The predicted molar refractivity (Wildman–Crippen MR) is 81.6 cm³/mol. The van der Waals surface area contributed by atoms with Crippen molar-refractivity contribution in [1.29, 1.82) is 0 Å². The molecule has 0 aromatic heterocycles. The van der Waals surface area contributed by atoms with Crippen LogP contribution >= 0.6 is 0 Å². The normalized spacial score (nSPS) is 48.5. The van der Waals surface area contributed by atoms with Crippen LogP contribution in [0.25, 0.3) is 0 Å². The van der Waals surface area contributed by atoms with Crippen LogP contribution in [0.1, 0.15) is 52.4 Å². The molecule has 21 heavy (non-hydrogen) atoms. The van der Waals surface area contributed by atoms with Gasteiger partial charge in [-0.1, -0.05) is 26.3 Å². The van der Waals surface area contributed by atoms with Gasteiger partial charge in [0.15, 0.2) is 5.78 Å². The van der Waals surface area contributed by atoms with Gasteiger partial charge in [0.1, 0.15) is 5.78 Å². The SMILES string of the molecule is C[C@@]12CCC[C@H]1[C@@H]1C(=O)CC3=CC(=O)C=C[C@]3(C)[C@H]1CC2. The Hall–Kier alpha value is -1.18. The lowest BCUT2D eigenvalue weighted by Gasteiger charge is -2.55. The second kappa shape index (κ2) is 4.18. The molecular weight excluding hydrogens is 260 g/mol. The van der Waals surface area contributed by atoms with Crippen molar-refractivity contribution in [3.63, 3.8) is 0 Å². The van der Waals surface area contributed by atoms with Gasteiger partial charge in [0.2, 0.25) is 0 Å². The van der Waals surface area contributed by atoms with Crippen LogP contribution in [0.5, 0.6) is 0 Å². The van der Waals surface area contributed by atoms with E-state index in [-0.39, 0.29) is 17.1 Å². The van der Waals surface area contributed by atoms with Crippen LogP contribution in [0.4, 0.5) is 0 Å². The second-order valence-corrected chi connectivity index (χ2v) is 8.15. The van der Waals surface area contributed by atoms with Crippen LogP contribution in [0.2, 0.25) is 0 Å². The van der Waals surface area contributed by atoms with Crippen LogP contribution < -0.4 is 0 Å². The van der Waals surface area contributed by atoms with Gasteiger partial charge in [-0.05, 0) is 60.7 Å². The molecule has 0 amide bonds. The van der Waals surface area contributed by atoms with E-state index in [0.717, 1.165) is 12.0 Å². The van der Waals surface area contributed by atoms with Gasteiger partial charge in [-0.2, -0.15) is 0 Å². The highest BCUT2D eigenvalue weighted by Gasteiger charge is 2.58. The minimum atomic E-state index is -0.0591. The van der Waals surface area contributed by atoms with Crippen LogP contribution in [0.15, 0.2) is 23.8 Å². The predicted octanol–water partition coefficient (Wildman–Crippen LogP) is 3.86. The van der Waals surface area contributed by atoms with Gasteiger partial charge in [-0.3, -0.25) is 9.59 Å². The van der Waals surface area contributed by atoms with Crippen molar-refractivity contribution in [1.82, 2.24) is 0 Å². The van der Waals surface area contributed by atoms with Gasteiger partial charge in [0.05, 0.1) is 0 Å². The van der Waals surface area contributed by atoms with Crippen molar-refractivity contribution < 1.29 is 9.59 Å². The third-order valence-electron chi connectivity index (χ3n) is 7.16. The molecule has 4 aliphatic carbocycles. The van der Waals surface area contributed by atoms with Gasteiger partial charge < -0.3 is 0 Å². The Morgan fingerprint density at radius 1 is 1.10 bits per heavy atom. The molecule has 112 valence electrons. The highest BCUT2D eigenvalue weighted by molar-refractivity contribution is 6.02. The lowest BCUT2D eigenvalue weighted by molar-refractivity contribution is -0.136. The molecule has 0 radical (unpaired) electrons. The number of hydrogen-bond donors (Lipinski definition) is 0. The summed E-state index contributed by atoms with van der Waals surface area (Å²) in [5, 5.41) is 0. The lowest BCUT2D eigenvalue weighted by atomic mass is 9.48. The first-order chi connectivity index (χ1) is 9.94. The molecule has 0 saturated heterocycles. The largest absolute Gasteiger partial charge is 0.299 e. The molecule has 0 heterocycles. The quantitative estimate of drug-likeness (QED) is 0.677. The summed E-state index contributed by atoms with van der Waals surface area (Å²) >= 11 is 0. The van der Waals surface area contributed by atoms with E-state index >= 15 is 0 Å². The molecule has 0 bridgehead atoms. The maximum Gasteiger partial charge on any atom is 0.178 e. The van der Waals surface area contributed by atoms with Crippen molar-refractivity contribution in [2.45, 2.75) is 52.4 Å². The highest BCUT2D eigenvalue weighted by Crippen LogP contribution is 2.63. The Kier molecular flexibility index (Phi) is 2.68. The standard InChI is InChI=1S/C19H24O2/c1-18-7-3-4-14(18)17-15(6-8-18)19(2)9-5-13(20)10-12(19)11-16(17)21/h5,9-10,14-15,17H,3-4,6-8,11H2,1-2H3/t14-,15-,17-,18-,19-/m0/s1. The zero-order valence-corrected chi connectivity index (χ0v) is 13.0. The molecule has 0 aliphatic heterocycles. The zero-order valence-electron chi connectivity index (χ0n) is 13.0. The number of ketones is 2. The summed E-state index contributed by atoms with van der Waals surface area (Å²) in [6.07, 6.45) is 12.2. The van der Waals surface area contributed by atoms with Gasteiger partial charge in [-0.15, -0.1) is 0 Å². The molecular formula is C19H24O2. The van der Waals surface area contributed by atoms with Crippen LogP contribution in [-0.2, 0) is 9.59 Å². The van der Waals surface area contributed by atoms with Gasteiger partial charge in [0, 0.05) is 17.8 Å². The fourth-order valence-corrected chi connectivity index (χ4v) is 5.90. The fourth-order valence-electron chi connectivity index (χ4n) is 5.90. The Balaban J connectivity index is 1.77. The van der Waals surface area contributed by atoms with Crippen molar-refractivity contribution in [3.8, 4) is 0 Å². The maximum absolute atomic E-state index is 12.8. The first-order valence-corrected chi connectivity index (χ1v) is 8.41. The molecule has 0 unspecified atom stereocenters. The van der Waals surface area contributed by atoms with Crippen LogP contribution in [0.3, 0.4) is 0 Å². The summed E-state index contributed by atoms with van der Waals surface area (Å²) in [6, 6.07) is 0. The summed E-state index contributed by atoms with van der Waals surface area (Å²) in [6.45, 7) is 4.66. The van der Waals surface area contributed by atoms with Gasteiger partial charge in [0.25, 0.3) is 0 Å². The van der Waals surface area contributed by atoms with E-state index in [4.69, 9.17) is 0 Å². The van der Waals surface area contributed by atoms with Crippen molar-refractivity contribution in [2.75, 3.05) is 0 Å². The number of carbonyl (C=O) groups is 2. The lowest BCUT2D eigenvalue weighted by Crippen LogP contribution is -2.52. The fraction of sp³-hybridized carbons (Fsp3) is 0.684. The van der Waals surface area contributed by atoms with Gasteiger partial charge in [-0.25, -0.2) is 0 Å². The Labute approximate surface area is 126 Å². The summed E-state index contributed by atoms with van der Waals surface area (Å²) in [4.78, 5) is 24.5. The van der Waals surface area contributed by atoms with E-state index in [1.807, 2.05) is 0 Å². The van der Waals surface area contributed by atoms with Crippen molar-refractivity contribution >= 4 is 11.6 Å². The number of fused-ring (bicyclic) bond motifs is 5. The van der Waals surface area contributed by atoms with E-state index in [0.29, 0.717) is 29.5 Å². The highest BCUT2D eigenvalue weighted by atomic mass is 16.1. The Morgan fingerprint density at radius 3 is 2.71 bits per heavy atom. The summed E-state index contributed by atoms with van der Waals surface area (Å²) in [5.74, 6) is 1.67. The third kappa shape index (κ3) is 1.71. The molecule has 5 atom stereocenters. The molecule has 2 heteroatoms. The molecule has 0 N–H and O–H groups in total. The second-order valence-electron chi connectivity index (χ2n) is 8.15. The average Bonchev–Trinajstić information content (AvgIpc) is 2.82. The molecule has 0 spiro atoms. The van der Waals surface area contributed by atoms with Crippen LogP contribution in [-0.4, -0.2) is 11.6 Å². The topological polar surface area (TPSA) is 34.1 Å². The van der Waals surface area contributed by atoms with Crippen molar-refractivity contribution in [3.05, 3.63) is 23.8 Å². The third-order valence-corrected chi connectivity index (χ3v) is 7.16. The number of allylic oxidation sites excluding steroid dienone is 4. The molecule has 3 saturated carbocycles. The number of Topliss-reactive ketones (excluding diaryl/α,β-unsaturated/α-hetero) is 1. The minimum absolute atomic E-state index is 0.0511. The average molecular weight is 284 g/mol. The monoisotopic (exact) mass is 284 g/mol. The number of rotatable bonds is 0. The molecule has 0 aromatic rings. The maximum atomic E-state index is 12.8. The van der Waals surface area contributed by atoms with Gasteiger partial charge >= 0.3 is 0 Å². The minimum Gasteiger partial charge on any atom is -0.299 e. The molecule has 4 rings (SSSR count). The zero-order chi connectivity index (χ0) is 14.8. The smallest absolute Gasteiger partial charge is 0.178 e. The van der Waals surface area contributed by atoms with E-state index in [1.165, 1.54) is 25.7 Å². The first kappa shape index (κ1) is 13.5. The summed E-state index contributed by atoms with van der Waals surface area (Å²) < 4.78 is 0. The van der Waals surface area contributed by atoms with E-state index in [9.17, 15) is 9.59 Å². The molecule has 3 fully saturated rings. The molecule has 4 aliphatic rings. The Bertz CT molecular complexity index is 584. The first-order valence-electron chi connectivity index (χ1n) is 8.41. The van der Waals surface area contributed by atoms with Crippen LogP contribution in [0, 0.1) is 28.6 Å². The summed E-state index contributed by atoms with van der Waals surface area (Å²) in [5.41, 5.74) is 1.40. The number of hydrogen-bond acceptors (Lipinski definition) is 2. The van der Waals surface area contributed by atoms with E-state index < -0.39 is 0 Å². The number of carbonyl (C=O) groups excluding carboxylic acids is 2. The van der Waals surface area contributed by atoms with E-state index in [1.54, 1.807) is 12.2 Å². The van der Waals surface area contributed by atoms with E-state index in [2.05, 4.69) is 19.9 Å².